The van der Waals surface area contributed by atoms with E-state index >= 15 is 0 Å². The lowest BCUT2D eigenvalue weighted by Crippen LogP contribution is -2.38. The summed E-state index contributed by atoms with van der Waals surface area (Å²) in [5.74, 6) is 1.09. The Bertz CT molecular complexity index is 441. The van der Waals surface area contributed by atoms with E-state index in [0.717, 1.165) is 50.9 Å². The van der Waals surface area contributed by atoms with Gasteiger partial charge in [0, 0.05) is 32.1 Å². The average molecular weight is 274 g/mol. The molecule has 110 valence electrons. The first-order valence-corrected chi connectivity index (χ1v) is 8.05. The molecule has 1 aliphatic heterocycles. The lowest BCUT2D eigenvalue weighted by Gasteiger charge is -2.28. The molecule has 1 saturated carbocycles. The molecule has 2 aliphatic rings. The van der Waals surface area contributed by atoms with E-state index < -0.39 is 0 Å². The van der Waals surface area contributed by atoms with Gasteiger partial charge in [-0.05, 0) is 36.5 Å². The minimum Gasteiger partial charge on any atom is -0.493 e. The molecule has 1 heterocycles. The van der Waals surface area contributed by atoms with Gasteiger partial charge in [-0.3, -0.25) is 4.90 Å². The number of fused-ring (bicyclic) bond motifs is 1. The molecular weight excluding hydrogens is 248 g/mol. The predicted molar refractivity (Wildman–Crippen MR) is 82.2 cm³/mol. The third-order valence-electron chi connectivity index (χ3n) is 4.70. The number of nitrogens with two attached hydrogens (primary N) is 1. The highest BCUT2D eigenvalue weighted by atomic mass is 16.5. The van der Waals surface area contributed by atoms with Gasteiger partial charge < -0.3 is 10.5 Å². The quantitative estimate of drug-likeness (QED) is 0.865. The van der Waals surface area contributed by atoms with Crippen LogP contribution in [-0.2, 0) is 12.8 Å². The van der Waals surface area contributed by atoms with Crippen molar-refractivity contribution in [1.82, 2.24) is 4.90 Å². The van der Waals surface area contributed by atoms with Crippen molar-refractivity contribution < 1.29 is 4.74 Å². The monoisotopic (exact) mass is 274 g/mol. The van der Waals surface area contributed by atoms with Gasteiger partial charge in [-0.25, -0.2) is 0 Å². The Morgan fingerprint density at radius 3 is 2.85 bits per heavy atom. The average Bonchev–Trinajstić information content (AvgIpc) is 3.13. The highest BCUT2D eigenvalue weighted by Crippen LogP contribution is 2.27. The Morgan fingerprint density at radius 2 is 2.05 bits per heavy atom. The van der Waals surface area contributed by atoms with Crippen molar-refractivity contribution in [1.29, 1.82) is 0 Å². The van der Waals surface area contributed by atoms with E-state index in [-0.39, 0.29) is 0 Å². The van der Waals surface area contributed by atoms with Crippen molar-refractivity contribution >= 4 is 0 Å². The van der Waals surface area contributed by atoms with Crippen LogP contribution in [0.2, 0.25) is 0 Å². The summed E-state index contributed by atoms with van der Waals surface area (Å²) in [6.45, 7) is 3.80. The molecule has 0 atom stereocenters. The van der Waals surface area contributed by atoms with E-state index in [4.69, 9.17) is 10.5 Å². The standard InChI is InChI=1S/C17H26N2O/c18-9-11-19(16-3-1-2-4-16)10-7-14-5-6-17-15(13-14)8-12-20-17/h5-6,13,16H,1-4,7-12,18H2. The zero-order valence-electron chi connectivity index (χ0n) is 12.3. The Labute approximate surface area is 122 Å². The number of benzene rings is 1. The summed E-state index contributed by atoms with van der Waals surface area (Å²) in [5.41, 5.74) is 8.60. The lowest BCUT2D eigenvalue weighted by molar-refractivity contribution is 0.206. The van der Waals surface area contributed by atoms with Gasteiger partial charge in [0.05, 0.1) is 6.61 Å². The zero-order valence-corrected chi connectivity index (χ0v) is 12.3. The Balaban J connectivity index is 1.58. The molecule has 1 aliphatic carbocycles. The molecule has 0 aromatic heterocycles. The molecule has 0 radical (unpaired) electrons. The van der Waals surface area contributed by atoms with Gasteiger partial charge in [-0.15, -0.1) is 0 Å². The summed E-state index contributed by atoms with van der Waals surface area (Å²) in [5, 5.41) is 0. The second-order valence-electron chi connectivity index (χ2n) is 6.05. The molecule has 1 aromatic carbocycles. The molecular formula is C17H26N2O. The normalized spacial score (nSPS) is 18.5. The maximum atomic E-state index is 5.78. The van der Waals surface area contributed by atoms with Crippen molar-refractivity contribution in [2.45, 2.75) is 44.6 Å². The van der Waals surface area contributed by atoms with Crippen LogP contribution in [0, 0.1) is 0 Å². The molecule has 1 fully saturated rings. The van der Waals surface area contributed by atoms with Gasteiger partial charge in [0.25, 0.3) is 0 Å². The van der Waals surface area contributed by atoms with E-state index in [2.05, 4.69) is 23.1 Å². The fraction of sp³-hybridized carbons (Fsp3) is 0.647. The highest BCUT2D eigenvalue weighted by Gasteiger charge is 2.21. The number of hydrogen-bond acceptors (Lipinski definition) is 3. The molecule has 1 aromatic rings. The van der Waals surface area contributed by atoms with Gasteiger partial charge in [-0.2, -0.15) is 0 Å². The van der Waals surface area contributed by atoms with Crippen molar-refractivity contribution in [3.8, 4) is 5.75 Å². The molecule has 20 heavy (non-hydrogen) atoms. The van der Waals surface area contributed by atoms with Gasteiger partial charge in [0.1, 0.15) is 5.75 Å². The van der Waals surface area contributed by atoms with Gasteiger partial charge in [0.2, 0.25) is 0 Å². The third kappa shape index (κ3) is 3.15. The predicted octanol–water partition coefficient (Wildman–Crippen LogP) is 2.37. The summed E-state index contributed by atoms with van der Waals surface area (Å²) in [4.78, 5) is 2.61. The van der Waals surface area contributed by atoms with Crippen LogP contribution in [0.4, 0.5) is 0 Å². The topological polar surface area (TPSA) is 38.5 Å². The van der Waals surface area contributed by atoms with Crippen molar-refractivity contribution in [3.63, 3.8) is 0 Å². The first-order valence-electron chi connectivity index (χ1n) is 8.05. The first-order chi connectivity index (χ1) is 9.86. The lowest BCUT2D eigenvalue weighted by atomic mass is 10.1. The molecule has 0 saturated heterocycles. The Hall–Kier alpha value is -1.06. The molecule has 3 rings (SSSR count). The summed E-state index contributed by atoms with van der Waals surface area (Å²) in [6.07, 6.45) is 7.70. The van der Waals surface area contributed by atoms with E-state index in [1.165, 1.54) is 36.8 Å². The highest BCUT2D eigenvalue weighted by molar-refractivity contribution is 5.39. The largest absolute Gasteiger partial charge is 0.493 e. The van der Waals surface area contributed by atoms with Crippen LogP contribution in [0.15, 0.2) is 18.2 Å². The van der Waals surface area contributed by atoms with Crippen LogP contribution in [0.3, 0.4) is 0 Å². The zero-order chi connectivity index (χ0) is 13.8. The maximum Gasteiger partial charge on any atom is 0.122 e. The maximum absolute atomic E-state index is 5.78. The third-order valence-corrected chi connectivity index (χ3v) is 4.70. The second kappa shape index (κ2) is 6.59. The van der Waals surface area contributed by atoms with Crippen molar-refractivity contribution in [2.75, 3.05) is 26.2 Å². The number of hydrogen-bond donors (Lipinski definition) is 1. The van der Waals surface area contributed by atoms with E-state index in [9.17, 15) is 0 Å². The molecule has 0 bridgehead atoms. The molecule has 3 heteroatoms. The van der Waals surface area contributed by atoms with E-state index in [0.29, 0.717) is 0 Å². The van der Waals surface area contributed by atoms with Crippen LogP contribution in [0.1, 0.15) is 36.8 Å². The van der Waals surface area contributed by atoms with Crippen LogP contribution in [-0.4, -0.2) is 37.2 Å². The molecule has 2 N–H and O–H groups in total. The van der Waals surface area contributed by atoms with Crippen LogP contribution < -0.4 is 10.5 Å². The summed E-state index contributed by atoms with van der Waals surface area (Å²) in [7, 11) is 0. The van der Waals surface area contributed by atoms with Gasteiger partial charge >= 0.3 is 0 Å². The van der Waals surface area contributed by atoms with Crippen molar-refractivity contribution in [2.24, 2.45) is 5.73 Å². The summed E-state index contributed by atoms with van der Waals surface area (Å²) < 4.78 is 5.57. The second-order valence-corrected chi connectivity index (χ2v) is 6.05. The Morgan fingerprint density at radius 1 is 1.20 bits per heavy atom. The fourth-order valence-electron chi connectivity index (χ4n) is 3.58. The number of nitrogens with zero attached hydrogens (tertiary/aromatic N) is 1. The summed E-state index contributed by atoms with van der Waals surface area (Å²) >= 11 is 0. The van der Waals surface area contributed by atoms with Crippen LogP contribution in [0.25, 0.3) is 0 Å². The molecule has 0 amide bonds. The van der Waals surface area contributed by atoms with Crippen LogP contribution >= 0.6 is 0 Å². The minimum atomic E-state index is 0.772. The molecule has 0 unspecified atom stereocenters. The number of ether oxygens (including phenoxy) is 1. The first kappa shape index (κ1) is 13.9. The molecule has 3 nitrogen and oxygen atoms in total. The summed E-state index contributed by atoms with van der Waals surface area (Å²) in [6, 6.07) is 7.47. The van der Waals surface area contributed by atoms with Gasteiger partial charge in [0.15, 0.2) is 0 Å². The smallest absolute Gasteiger partial charge is 0.122 e. The van der Waals surface area contributed by atoms with Crippen molar-refractivity contribution in [3.05, 3.63) is 29.3 Å². The van der Waals surface area contributed by atoms with Gasteiger partial charge in [-0.1, -0.05) is 25.0 Å². The minimum absolute atomic E-state index is 0.772. The van der Waals surface area contributed by atoms with E-state index in [1.807, 2.05) is 0 Å². The molecule has 0 spiro atoms. The number of rotatable bonds is 6. The van der Waals surface area contributed by atoms with E-state index in [1.54, 1.807) is 0 Å². The SMILES string of the molecule is NCCN(CCc1ccc2c(c1)CCO2)C1CCCC1. The fourth-order valence-corrected chi connectivity index (χ4v) is 3.58. The van der Waals surface area contributed by atoms with Crippen LogP contribution in [0.5, 0.6) is 5.75 Å². The Kier molecular flexibility index (Phi) is 4.58.